The summed E-state index contributed by atoms with van der Waals surface area (Å²) in [6.45, 7) is 0.622. The second-order valence-electron chi connectivity index (χ2n) is 5.32. The minimum absolute atomic E-state index is 0.0273. The van der Waals surface area contributed by atoms with Crippen molar-refractivity contribution < 1.29 is 4.74 Å². The van der Waals surface area contributed by atoms with Gasteiger partial charge in [-0.25, -0.2) is 4.98 Å². The Morgan fingerprint density at radius 3 is 3.05 bits per heavy atom. The van der Waals surface area contributed by atoms with Crippen molar-refractivity contribution in [1.82, 2.24) is 4.98 Å². The molecule has 3 rings (SSSR count). The molecular weight excluding hydrogens is 270 g/mol. The average Bonchev–Trinajstić information content (AvgIpc) is 2.86. The third kappa shape index (κ3) is 2.17. The van der Waals surface area contributed by atoms with E-state index in [1.54, 1.807) is 18.4 Å². The molecule has 0 aliphatic heterocycles. The van der Waals surface area contributed by atoms with E-state index in [1.165, 1.54) is 10.4 Å². The van der Waals surface area contributed by atoms with Crippen LogP contribution in [-0.2, 0) is 18.3 Å². The number of nitrogens with two attached hydrogens (primary N) is 2. The largest absolute Gasteiger partial charge is 0.497 e. The standard InChI is InChI=1S/C15H19N3OS/c1-19-11-4-2-3-10(7-11)15(9-16)6-5-12-13(8-15)20-14(17)18-12/h2-4,7H,5-6,8-9,16H2,1H3,(H2,17,18). The number of fused-ring (bicyclic) bond motifs is 1. The molecule has 1 aliphatic rings. The smallest absolute Gasteiger partial charge is 0.180 e. The van der Waals surface area contributed by atoms with Crippen molar-refractivity contribution in [2.45, 2.75) is 24.7 Å². The molecular formula is C15H19N3OS. The number of methoxy groups -OCH3 is 1. The maximum atomic E-state index is 6.14. The Morgan fingerprint density at radius 2 is 2.30 bits per heavy atom. The van der Waals surface area contributed by atoms with Crippen LogP contribution in [0.25, 0.3) is 0 Å². The highest BCUT2D eigenvalue weighted by atomic mass is 32.1. The first-order valence-electron chi connectivity index (χ1n) is 6.75. The molecule has 1 aliphatic carbocycles. The zero-order valence-electron chi connectivity index (χ0n) is 11.6. The lowest BCUT2D eigenvalue weighted by atomic mass is 9.70. The highest BCUT2D eigenvalue weighted by molar-refractivity contribution is 7.15. The number of anilines is 1. The van der Waals surface area contributed by atoms with E-state index in [9.17, 15) is 0 Å². The number of aryl methyl sites for hydroxylation is 1. The van der Waals surface area contributed by atoms with Gasteiger partial charge in [-0.3, -0.25) is 0 Å². The van der Waals surface area contributed by atoms with Gasteiger partial charge in [0.25, 0.3) is 0 Å². The Morgan fingerprint density at radius 1 is 1.45 bits per heavy atom. The maximum Gasteiger partial charge on any atom is 0.180 e. The van der Waals surface area contributed by atoms with Crippen LogP contribution in [0.5, 0.6) is 5.75 Å². The van der Waals surface area contributed by atoms with Crippen molar-refractivity contribution in [2.24, 2.45) is 5.73 Å². The van der Waals surface area contributed by atoms with Crippen molar-refractivity contribution in [3.8, 4) is 5.75 Å². The Hall–Kier alpha value is -1.59. The molecule has 4 N–H and O–H groups in total. The first kappa shape index (κ1) is 13.4. The van der Waals surface area contributed by atoms with Crippen LogP contribution in [-0.4, -0.2) is 18.6 Å². The van der Waals surface area contributed by atoms with Gasteiger partial charge < -0.3 is 16.2 Å². The molecule has 0 spiro atoms. The van der Waals surface area contributed by atoms with E-state index >= 15 is 0 Å². The normalized spacial score (nSPS) is 21.5. The van der Waals surface area contributed by atoms with Crippen LogP contribution in [0.1, 0.15) is 22.6 Å². The van der Waals surface area contributed by atoms with Gasteiger partial charge in [0.2, 0.25) is 0 Å². The van der Waals surface area contributed by atoms with E-state index in [0.717, 1.165) is 30.7 Å². The van der Waals surface area contributed by atoms with Gasteiger partial charge >= 0.3 is 0 Å². The number of thiazole rings is 1. The third-order valence-corrected chi connectivity index (χ3v) is 5.13. The summed E-state index contributed by atoms with van der Waals surface area (Å²) >= 11 is 1.59. The summed E-state index contributed by atoms with van der Waals surface area (Å²) in [6.07, 6.45) is 2.87. The molecule has 1 heterocycles. The van der Waals surface area contributed by atoms with Gasteiger partial charge in [0.1, 0.15) is 5.75 Å². The van der Waals surface area contributed by atoms with Crippen LogP contribution in [0, 0.1) is 0 Å². The Balaban J connectivity index is 2.00. The lowest BCUT2D eigenvalue weighted by Crippen LogP contribution is -2.40. The molecule has 20 heavy (non-hydrogen) atoms. The fraction of sp³-hybridized carbons (Fsp3) is 0.400. The maximum absolute atomic E-state index is 6.14. The molecule has 0 amide bonds. The second-order valence-corrected chi connectivity index (χ2v) is 6.43. The molecule has 1 atom stereocenters. The van der Waals surface area contributed by atoms with Crippen LogP contribution < -0.4 is 16.2 Å². The molecule has 0 saturated carbocycles. The third-order valence-electron chi connectivity index (χ3n) is 4.21. The van der Waals surface area contributed by atoms with E-state index < -0.39 is 0 Å². The quantitative estimate of drug-likeness (QED) is 0.907. The number of hydrogen-bond acceptors (Lipinski definition) is 5. The predicted octanol–water partition coefficient (Wildman–Crippen LogP) is 2.12. The van der Waals surface area contributed by atoms with Gasteiger partial charge in [-0.15, -0.1) is 11.3 Å². The summed E-state index contributed by atoms with van der Waals surface area (Å²) in [5, 5.41) is 0.661. The fourth-order valence-electron chi connectivity index (χ4n) is 2.98. The van der Waals surface area contributed by atoms with Gasteiger partial charge in [0, 0.05) is 16.8 Å². The van der Waals surface area contributed by atoms with Crippen LogP contribution in [0.4, 0.5) is 5.13 Å². The minimum Gasteiger partial charge on any atom is -0.497 e. The number of aromatic nitrogens is 1. The summed E-state index contributed by atoms with van der Waals surface area (Å²) in [5.74, 6) is 0.880. The van der Waals surface area contributed by atoms with E-state index in [-0.39, 0.29) is 5.41 Å². The molecule has 0 fully saturated rings. The summed E-state index contributed by atoms with van der Waals surface area (Å²) in [5.41, 5.74) is 14.3. The zero-order chi connectivity index (χ0) is 14.2. The van der Waals surface area contributed by atoms with Gasteiger partial charge in [-0.2, -0.15) is 0 Å². The van der Waals surface area contributed by atoms with Gasteiger partial charge in [0.05, 0.1) is 12.8 Å². The van der Waals surface area contributed by atoms with Crippen molar-refractivity contribution >= 4 is 16.5 Å². The Bertz CT molecular complexity index is 625. The van der Waals surface area contributed by atoms with Crippen LogP contribution >= 0.6 is 11.3 Å². The van der Waals surface area contributed by atoms with Crippen molar-refractivity contribution in [3.63, 3.8) is 0 Å². The van der Waals surface area contributed by atoms with E-state index in [1.807, 2.05) is 12.1 Å². The molecule has 4 nitrogen and oxygen atoms in total. The summed E-state index contributed by atoms with van der Waals surface area (Å²) in [7, 11) is 1.69. The van der Waals surface area contributed by atoms with Gasteiger partial charge in [-0.05, 0) is 37.0 Å². The second kappa shape index (κ2) is 5.07. The monoisotopic (exact) mass is 289 g/mol. The number of nitrogens with zero attached hydrogens (tertiary/aromatic N) is 1. The number of rotatable bonds is 3. The molecule has 1 unspecified atom stereocenters. The van der Waals surface area contributed by atoms with Crippen LogP contribution in [0.3, 0.4) is 0 Å². The minimum atomic E-state index is -0.0273. The van der Waals surface area contributed by atoms with Crippen LogP contribution in [0.2, 0.25) is 0 Å². The van der Waals surface area contributed by atoms with E-state index in [0.29, 0.717) is 11.7 Å². The number of nitrogen functional groups attached to an aromatic ring is 1. The van der Waals surface area contributed by atoms with Crippen molar-refractivity contribution in [1.29, 1.82) is 0 Å². The van der Waals surface area contributed by atoms with Crippen molar-refractivity contribution in [3.05, 3.63) is 40.4 Å². The number of hydrogen-bond donors (Lipinski definition) is 2. The highest BCUT2D eigenvalue weighted by Gasteiger charge is 2.36. The van der Waals surface area contributed by atoms with E-state index in [4.69, 9.17) is 16.2 Å². The fourth-order valence-corrected chi connectivity index (χ4v) is 4.00. The lowest BCUT2D eigenvalue weighted by Gasteiger charge is -2.36. The van der Waals surface area contributed by atoms with Gasteiger partial charge in [-0.1, -0.05) is 12.1 Å². The Kier molecular flexibility index (Phi) is 3.40. The average molecular weight is 289 g/mol. The highest BCUT2D eigenvalue weighted by Crippen LogP contribution is 2.41. The lowest BCUT2D eigenvalue weighted by molar-refractivity contribution is 0.375. The molecule has 0 radical (unpaired) electrons. The number of benzene rings is 1. The first-order valence-corrected chi connectivity index (χ1v) is 7.57. The topological polar surface area (TPSA) is 74.2 Å². The molecule has 0 saturated heterocycles. The Labute approximate surface area is 122 Å². The predicted molar refractivity (Wildman–Crippen MR) is 82.3 cm³/mol. The molecule has 5 heteroatoms. The van der Waals surface area contributed by atoms with Crippen LogP contribution in [0.15, 0.2) is 24.3 Å². The number of ether oxygens (including phenoxy) is 1. The molecule has 2 aromatic rings. The molecule has 1 aromatic heterocycles. The summed E-state index contributed by atoms with van der Waals surface area (Å²) in [4.78, 5) is 5.69. The SMILES string of the molecule is COc1cccc(C2(CN)CCc3nc(N)sc3C2)c1. The molecule has 1 aromatic carbocycles. The summed E-state index contributed by atoms with van der Waals surface area (Å²) in [6, 6.07) is 8.24. The first-order chi connectivity index (χ1) is 9.66. The zero-order valence-corrected chi connectivity index (χ0v) is 12.4. The molecule has 106 valence electrons. The molecule has 0 bridgehead atoms. The van der Waals surface area contributed by atoms with Crippen molar-refractivity contribution in [2.75, 3.05) is 19.4 Å². The van der Waals surface area contributed by atoms with Gasteiger partial charge in [0.15, 0.2) is 5.13 Å². The summed E-state index contributed by atoms with van der Waals surface area (Å²) < 4.78 is 5.34. The van der Waals surface area contributed by atoms with E-state index in [2.05, 4.69) is 17.1 Å².